The summed E-state index contributed by atoms with van der Waals surface area (Å²) in [7, 11) is -3.55. The van der Waals surface area contributed by atoms with Crippen LogP contribution in [0, 0.1) is 0 Å². The molecule has 0 amide bonds. The summed E-state index contributed by atoms with van der Waals surface area (Å²) in [5.74, 6) is 1.06. The van der Waals surface area contributed by atoms with Crippen molar-refractivity contribution in [2.75, 3.05) is 32.8 Å². The van der Waals surface area contributed by atoms with Gasteiger partial charge in [0.15, 0.2) is 11.5 Å². The van der Waals surface area contributed by atoms with Gasteiger partial charge in [0.25, 0.3) is 0 Å². The highest BCUT2D eigenvalue weighted by Gasteiger charge is 2.20. The molecule has 0 radical (unpaired) electrons. The molecule has 1 aliphatic heterocycles. The molecule has 124 valence electrons. The monoisotopic (exact) mass is 328 g/mol. The second-order valence-corrected chi connectivity index (χ2v) is 6.99. The van der Waals surface area contributed by atoms with Crippen LogP contribution in [0.5, 0.6) is 11.5 Å². The number of benzene rings is 1. The molecule has 22 heavy (non-hydrogen) atoms. The van der Waals surface area contributed by atoms with Crippen molar-refractivity contribution in [1.82, 2.24) is 9.62 Å². The Labute approximate surface area is 132 Å². The van der Waals surface area contributed by atoms with Crippen LogP contribution in [0.15, 0.2) is 23.1 Å². The molecule has 0 bridgehead atoms. The third-order valence-corrected chi connectivity index (χ3v) is 5.25. The molecule has 0 fully saturated rings. The number of hydrogen-bond donors (Lipinski definition) is 1. The van der Waals surface area contributed by atoms with Gasteiger partial charge in [-0.1, -0.05) is 13.8 Å². The average Bonchev–Trinajstić information content (AvgIpc) is 2.53. The van der Waals surface area contributed by atoms with E-state index in [1.165, 1.54) is 12.1 Å². The molecular weight excluding hydrogens is 304 g/mol. The second-order valence-electron chi connectivity index (χ2n) is 5.23. The first-order valence-corrected chi connectivity index (χ1v) is 9.09. The van der Waals surface area contributed by atoms with Gasteiger partial charge in [0, 0.05) is 18.7 Å². The average molecular weight is 328 g/mol. The van der Waals surface area contributed by atoms with E-state index in [9.17, 15) is 8.42 Å². The fourth-order valence-electron chi connectivity index (χ4n) is 2.48. The summed E-state index contributed by atoms with van der Waals surface area (Å²) in [4.78, 5) is 2.40. The lowest BCUT2D eigenvalue weighted by atomic mass is 10.3. The summed E-state index contributed by atoms with van der Waals surface area (Å²) in [5.41, 5.74) is 0. The number of hydrogen-bond acceptors (Lipinski definition) is 5. The summed E-state index contributed by atoms with van der Waals surface area (Å²) in [6.45, 7) is 9.22. The molecule has 1 atom stereocenters. The first-order valence-electron chi connectivity index (χ1n) is 7.61. The molecule has 1 aromatic rings. The van der Waals surface area contributed by atoms with Crippen LogP contribution in [0.1, 0.15) is 20.8 Å². The maximum absolute atomic E-state index is 12.4. The van der Waals surface area contributed by atoms with Crippen molar-refractivity contribution in [3.05, 3.63) is 18.2 Å². The zero-order chi connectivity index (χ0) is 16.2. The molecule has 1 aromatic carbocycles. The second kappa shape index (κ2) is 7.30. The predicted molar refractivity (Wildman–Crippen MR) is 85.0 cm³/mol. The van der Waals surface area contributed by atoms with Crippen LogP contribution in [0.3, 0.4) is 0 Å². The summed E-state index contributed by atoms with van der Waals surface area (Å²) in [5, 5.41) is 0. The zero-order valence-electron chi connectivity index (χ0n) is 13.3. The van der Waals surface area contributed by atoms with Gasteiger partial charge in [0.05, 0.1) is 4.90 Å². The van der Waals surface area contributed by atoms with Crippen LogP contribution < -0.4 is 14.2 Å². The van der Waals surface area contributed by atoms with E-state index in [0.29, 0.717) is 31.3 Å². The first-order chi connectivity index (χ1) is 10.5. The van der Waals surface area contributed by atoms with E-state index in [0.717, 1.165) is 13.1 Å². The summed E-state index contributed by atoms with van der Waals surface area (Å²) < 4.78 is 38.3. The van der Waals surface area contributed by atoms with Crippen molar-refractivity contribution in [3.63, 3.8) is 0 Å². The van der Waals surface area contributed by atoms with E-state index in [4.69, 9.17) is 9.47 Å². The fourth-order valence-corrected chi connectivity index (χ4v) is 3.62. The Hall–Kier alpha value is -1.31. The third kappa shape index (κ3) is 3.91. The van der Waals surface area contributed by atoms with Crippen molar-refractivity contribution >= 4 is 10.0 Å². The zero-order valence-corrected chi connectivity index (χ0v) is 14.1. The van der Waals surface area contributed by atoms with E-state index < -0.39 is 10.0 Å². The molecule has 0 aromatic heterocycles. The minimum absolute atomic E-state index is 0.141. The van der Waals surface area contributed by atoms with Gasteiger partial charge >= 0.3 is 0 Å². The summed E-state index contributed by atoms with van der Waals surface area (Å²) in [6.07, 6.45) is 0. The van der Waals surface area contributed by atoms with Gasteiger partial charge in [-0.05, 0) is 32.1 Å². The number of ether oxygens (including phenoxy) is 2. The van der Waals surface area contributed by atoms with Gasteiger partial charge in [-0.25, -0.2) is 13.1 Å². The normalized spacial score (nSPS) is 15.8. The number of likely N-dealkylation sites (N-methyl/N-ethyl adjacent to an activating group) is 1. The van der Waals surface area contributed by atoms with E-state index in [1.807, 2.05) is 6.92 Å². The topological polar surface area (TPSA) is 67.9 Å². The maximum Gasteiger partial charge on any atom is 0.240 e. The quantitative estimate of drug-likeness (QED) is 0.821. The van der Waals surface area contributed by atoms with Gasteiger partial charge in [-0.15, -0.1) is 0 Å². The smallest absolute Gasteiger partial charge is 0.240 e. The number of nitrogens with zero attached hydrogens (tertiary/aromatic N) is 1. The highest BCUT2D eigenvalue weighted by Crippen LogP contribution is 2.32. The molecule has 0 aliphatic carbocycles. The minimum Gasteiger partial charge on any atom is -0.486 e. The number of rotatable bonds is 7. The molecule has 1 heterocycles. The predicted octanol–water partition coefficient (Wildman–Crippen LogP) is 1.47. The number of fused-ring (bicyclic) bond motifs is 1. The van der Waals surface area contributed by atoms with E-state index in [-0.39, 0.29) is 10.9 Å². The minimum atomic E-state index is -3.55. The highest BCUT2D eigenvalue weighted by molar-refractivity contribution is 7.89. The molecule has 6 nitrogen and oxygen atoms in total. The van der Waals surface area contributed by atoms with Gasteiger partial charge in [0.2, 0.25) is 10.0 Å². The van der Waals surface area contributed by atoms with Crippen molar-refractivity contribution < 1.29 is 17.9 Å². The van der Waals surface area contributed by atoms with Crippen molar-refractivity contribution in [2.24, 2.45) is 0 Å². The van der Waals surface area contributed by atoms with E-state index in [1.54, 1.807) is 6.07 Å². The van der Waals surface area contributed by atoms with E-state index >= 15 is 0 Å². The van der Waals surface area contributed by atoms with Gasteiger partial charge in [-0.3, -0.25) is 4.90 Å². The van der Waals surface area contributed by atoms with Crippen LogP contribution in [-0.2, 0) is 10.0 Å². The molecule has 0 saturated carbocycles. The van der Waals surface area contributed by atoms with Gasteiger partial charge in [-0.2, -0.15) is 0 Å². The molecular formula is C15H24N2O4S. The Kier molecular flexibility index (Phi) is 5.66. The Morgan fingerprint density at radius 1 is 1.18 bits per heavy atom. The maximum atomic E-state index is 12.4. The summed E-state index contributed by atoms with van der Waals surface area (Å²) >= 11 is 0. The Morgan fingerprint density at radius 3 is 2.45 bits per heavy atom. The fraction of sp³-hybridized carbons (Fsp3) is 0.600. The first kappa shape index (κ1) is 17.1. The lowest BCUT2D eigenvalue weighted by molar-refractivity contribution is 0.171. The Balaban J connectivity index is 2.07. The Bertz CT molecular complexity index is 600. The van der Waals surface area contributed by atoms with Crippen LogP contribution in [-0.4, -0.2) is 52.2 Å². The molecule has 7 heteroatoms. The number of nitrogens with one attached hydrogen (secondary N) is 1. The van der Waals surface area contributed by atoms with Crippen LogP contribution >= 0.6 is 0 Å². The largest absolute Gasteiger partial charge is 0.486 e. The third-order valence-electron chi connectivity index (χ3n) is 3.83. The van der Waals surface area contributed by atoms with Gasteiger partial charge < -0.3 is 9.47 Å². The molecule has 2 rings (SSSR count). The van der Waals surface area contributed by atoms with Crippen molar-refractivity contribution in [2.45, 2.75) is 31.7 Å². The molecule has 1 N–H and O–H groups in total. The lowest BCUT2D eigenvalue weighted by Crippen LogP contribution is -2.41. The number of sulfonamides is 1. The highest BCUT2D eigenvalue weighted by atomic mass is 32.2. The SMILES string of the molecule is CCN(CC)[C@@H](C)CNS(=O)(=O)c1ccc2c(c1)OCCO2. The van der Waals surface area contributed by atoms with Gasteiger partial charge in [0.1, 0.15) is 13.2 Å². The molecule has 0 saturated heterocycles. The standard InChI is InChI=1S/C15H24N2O4S/c1-4-17(5-2)12(3)11-16-22(18,19)13-6-7-14-15(10-13)21-9-8-20-14/h6-7,10,12,16H,4-5,8-9,11H2,1-3H3/t12-/m0/s1. The molecule has 0 unspecified atom stereocenters. The van der Waals surface area contributed by atoms with Crippen LogP contribution in [0.4, 0.5) is 0 Å². The van der Waals surface area contributed by atoms with E-state index in [2.05, 4.69) is 23.5 Å². The summed E-state index contributed by atoms with van der Waals surface area (Å²) in [6, 6.07) is 4.83. The lowest BCUT2D eigenvalue weighted by Gasteiger charge is -2.26. The molecule has 0 spiro atoms. The van der Waals surface area contributed by atoms with Crippen LogP contribution in [0.25, 0.3) is 0 Å². The van der Waals surface area contributed by atoms with Crippen molar-refractivity contribution in [1.29, 1.82) is 0 Å². The molecule has 1 aliphatic rings. The van der Waals surface area contributed by atoms with Crippen molar-refractivity contribution in [3.8, 4) is 11.5 Å². The van der Waals surface area contributed by atoms with Crippen LogP contribution in [0.2, 0.25) is 0 Å². The Morgan fingerprint density at radius 2 is 1.82 bits per heavy atom.